The molecule has 2 N–H and O–H groups in total. The third kappa shape index (κ3) is 4.59. The van der Waals surface area contributed by atoms with E-state index < -0.39 is 11.1 Å². The number of nitrogens with one attached hydrogen (secondary N) is 2. The molecule has 0 aromatic heterocycles. The number of unbranched alkanes of at least 4 members (excludes halogenated alkanes) is 3. The van der Waals surface area contributed by atoms with Gasteiger partial charge in [-0.15, -0.1) is 9.18 Å². The molecule has 2 fully saturated rings. The van der Waals surface area contributed by atoms with Crippen molar-refractivity contribution in [3.63, 3.8) is 0 Å². The van der Waals surface area contributed by atoms with Crippen LogP contribution in [0.1, 0.15) is 67.2 Å². The summed E-state index contributed by atoms with van der Waals surface area (Å²) < 4.78 is -0.252. The average Bonchev–Trinajstić information content (AvgIpc) is 2.92. The van der Waals surface area contributed by atoms with E-state index in [1.54, 1.807) is 14.1 Å². The molecule has 10 heteroatoms. The Morgan fingerprint density at radius 3 is 1.17 bits per heavy atom. The fourth-order valence-corrected chi connectivity index (χ4v) is 3.93. The molecule has 2 unspecified atom stereocenters. The lowest BCUT2D eigenvalue weighted by molar-refractivity contribution is -0.861. The molecule has 30 heavy (non-hydrogen) atoms. The van der Waals surface area contributed by atoms with Crippen molar-refractivity contribution in [1.82, 2.24) is 20.7 Å². The molecular formula is C20H38N6O4+2. The first-order valence-electron chi connectivity index (χ1n) is 10.6. The predicted molar refractivity (Wildman–Crippen MR) is 112 cm³/mol. The molecule has 0 bridgehead atoms. The number of imide groups is 2. The summed E-state index contributed by atoms with van der Waals surface area (Å²) in [5.41, 5.74) is 4.43. The molecular weight excluding hydrogens is 388 g/mol. The zero-order chi connectivity index (χ0) is 23.1. The zero-order valence-electron chi connectivity index (χ0n) is 19.7. The minimum absolute atomic E-state index is 0.126. The van der Waals surface area contributed by atoms with Gasteiger partial charge in [-0.25, -0.2) is 29.0 Å². The van der Waals surface area contributed by atoms with Crippen molar-refractivity contribution in [3.05, 3.63) is 0 Å². The van der Waals surface area contributed by atoms with Gasteiger partial charge in [-0.05, 0) is 67.2 Å². The molecule has 2 aliphatic rings. The Balaban J connectivity index is 1.80. The lowest BCUT2D eigenvalue weighted by Gasteiger charge is -2.28. The van der Waals surface area contributed by atoms with Gasteiger partial charge in [0, 0.05) is 11.1 Å². The largest absolute Gasteiger partial charge is 0.452 e. The van der Waals surface area contributed by atoms with Crippen molar-refractivity contribution in [2.75, 3.05) is 27.2 Å². The summed E-state index contributed by atoms with van der Waals surface area (Å²) in [6, 6.07) is -1.20. The Morgan fingerprint density at radius 2 is 0.933 bits per heavy atom. The highest BCUT2D eigenvalue weighted by molar-refractivity contribution is 5.95. The number of hydrogen-bond acceptors (Lipinski definition) is 4. The van der Waals surface area contributed by atoms with Crippen LogP contribution in [0.5, 0.6) is 0 Å². The normalized spacial score (nSPS) is 27.7. The van der Waals surface area contributed by atoms with Crippen LogP contribution in [0.2, 0.25) is 0 Å². The van der Waals surface area contributed by atoms with Crippen molar-refractivity contribution in [2.45, 2.75) is 78.3 Å². The Morgan fingerprint density at radius 1 is 0.633 bits per heavy atom. The maximum Gasteiger partial charge on any atom is 0.452 e. The summed E-state index contributed by atoms with van der Waals surface area (Å²) in [4.78, 5) is 52.5. The molecule has 0 radical (unpaired) electrons. The monoisotopic (exact) mass is 426 g/mol. The van der Waals surface area contributed by atoms with E-state index in [4.69, 9.17) is 0 Å². The molecule has 2 aliphatic heterocycles. The van der Waals surface area contributed by atoms with E-state index in [0.29, 0.717) is 13.1 Å². The van der Waals surface area contributed by atoms with E-state index in [9.17, 15) is 19.2 Å². The van der Waals surface area contributed by atoms with Crippen molar-refractivity contribution < 1.29 is 28.4 Å². The van der Waals surface area contributed by atoms with Crippen molar-refractivity contribution >= 4 is 24.1 Å². The molecule has 0 saturated carbocycles. The van der Waals surface area contributed by atoms with E-state index in [0.717, 1.165) is 25.7 Å². The molecule has 0 aliphatic carbocycles. The van der Waals surface area contributed by atoms with Gasteiger partial charge in [0.2, 0.25) is 0 Å². The quantitative estimate of drug-likeness (QED) is 0.482. The number of urea groups is 4. The SMILES string of the molecule is CC(C)(C)N1C(=O)N[N+](C)(CCCCCC[N+]2(C)NC(=O)N(C(C)(C)C)C2=O)C1=O. The van der Waals surface area contributed by atoms with Crippen molar-refractivity contribution in [3.8, 4) is 0 Å². The standard InChI is InChI=1S/C20H36N6O4/c1-19(2,3)23-15(27)21-25(7,17(23)29)13-11-9-10-12-14-26(8)18(30)24(16(28)22-26)20(4,5)6/h9-14H2,1-8H3/p+2. The van der Waals surface area contributed by atoms with Crippen LogP contribution in [0, 0.1) is 0 Å². The summed E-state index contributed by atoms with van der Waals surface area (Å²) in [5, 5.41) is 0. The summed E-state index contributed by atoms with van der Waals surface area (Å²) in [7, 11) is 3.44. The lowest BCUT2D eigenvalue weighted by Crippen LogP contribution is -2.55. The lowest BCUT2D eigenvalue weighted by atomic mass is 10.1. The second-order valence-electron chi connectivity index (χ2n) is 10.7. The number of rotatable bonds is 7. The summed E-state index contributed by atoms with van der Waals surface area (Å²) >= 11 is 0. The number of amides is 8. The molecule has 2 rings (SSSR count). The second-order valence-corrected chi connectivity index (χ2v) is 10.7. The van der Waals surface area contributed by atoms with Gasteiger partial charge in [0.1, 0.15) is 27.2 Å². The highest BCUT2D eigenvalue weighted by Gasteiger charge is 2.54. The highest BCUT2D eigenvalue weighted by atomic mass is 16.2. The van der Waals surface area contributed by atoms with Crippen molar-refractivity contribution in [2.24, 2.45) is 0 Å². The van der Waals surface area contributed by atoms with Crippen LogP contribution in [0.15, 0.2) is 0 Å². The fraction of sp³-hybridized carbons (Fsp3) is 0.800. The first-order chi connectivity index (χ1) is 13.5. The third-order valence-electron chi connectivity index (χ3n) is 5.62. The first kappa shape index (κ1) is 24.1. The maximum atomic E-state index is 12.7. The number of carbonyl (C=O) groups is 4. The van der Waals surface area contributed by atoms with E-state index in [-0.39, 0.29) is 33.3 Å². The van der Waals surface area contributed by atoms with Gasteiger partial charge in [-0.1, -0.05) is 0 Å². The summed E-state index contributed by atoms with van der Waals surface area (Å²) in [6.07, 6.45) is 3.24. The number of carbonyl (C=O) groups excluding carboxylic acids is 4. The zero-order valence-corrected chi connectivity index (χ0v) is 19.7. The smallest absolute Gasteiger partial charge is 0.243 e. The first-order valence-corrected chi connectivity index (χ1v) is 10.6. The van der Waals surface area contributed by atoms with Gasteiger partial charge in [0.05, 0.1) is 0 Å². The molecule has 0 spiro atoms. The molecule has 170 valence electrons. The van der Waals surface area contributed by atoms with Crippen LogP contribution in [-0.2, 0) is 0 Å². The number of nitrogens with zero attached hydrogens (tertiary/aromatic N) is 4. The van der Waals surface area contributed by atoms with Crippen LogP contribution < -0.4 is 10.9 Å². The van der Waals surface area contributed by atoms with Crippen LogP contribution in [-0.4, -0.2) is 81.4 Å². The summed E-state index contributed by atoms with van der Waals surface area (Å²) in [5.74, 6) is 0. The molecule has 10 nitrogen and oxygen atoms in total. The predicted octanol–water partition coefficient (Wildman–Crippen LogP) is 3.16. The van der Waals surface area contributed by atoms with Gasteiger partial charge in [-0.3, -0.25) is 0 Å². The van der Waals surface area contributed by atoms with Crippen LogP contribution in [0.25, 0.3) is 0 Å². The second kappa shape index (κ2) is 7.81. The Kier molecular flexibility index (Phi) is 6.27. The van der Waals surface area contributed by atoms with Crippen molar-refractivity contribution in [1.29, 1.82) is 0 Å². The number of quaternary nitrogens is 2. The van der Waals surface area contributed by atoms with Gasteiger partial charge in [-0.2, -0.15) is 10.9 Å². The van der Waals surface area contributed by atoms with Gasteiger partial charge in [0.15, 0.2) is 0 Å². The summed E-state index contributed by atoms with van der Waals surface area (Å²) in [6.45, 7) is 12.0. The van der Waals surface area contributed by atoms with Gasteiger partial charge in [0.25, 0.3) is 0 Å². The minimum atomic E-state index is -0.566. The highest BCUT2D eigenvalue weighted by Crippen LogP contribution is 2.26. The minimum Gasteiger partial charge on any atom is -0.243 e. The topological polar surface area (TPSA) is 98.8 Å². The van der Waals surface area contributed by atoms with Gasteiger partial charge >= 0.3 is 24.1 Å². The van der Waals surface area contributed by atoms with E-state index in [1.165, 1.54) is 9.80 Å². The molecule has 8 amide bonds. The maximum absolute atomic E-state index is 12.7. The van der Waals surface area contributed by atoms with Gasteiger partial charge < -0.3 is 0 Å². The Hall–Kier alpha value is -2.20. The Bertz CT molecular complexity index is 679. The van der Waals surface area contributed by atoms with Crippen LogP contribution in [0.3, 0.4) is 0 Å². The molecule has 2 heterocycles. The molecule has 0 aromatic carbocycles. The van der Waals surface area contributed by atoms with Crippen LogP contribution >= 0.6 is 0 Å². The van der Waals surface area contributed by atoms with Crippen LogP contribution in [0.4, 0.5) is 19.2 Å². The molecule has 2 saturated heterocycles. The molecule has 0 aromatic rings. The van der Waals surface area contributed by atoms with E-state index >= 15 is 0 Å². The number of hydrogen-bond donors (Lipinski definition) is 2. The van der Waals surface area contributed by atoms with E-state index in [2.05, 4.69) is 10.9 Å². The molecule has 2 atom stereocenters. The third-order valence-corrected chi connectivity index (χ3v) is 5.62. The Labute approximate surface area is 179 Å². The fourth-order valence-electron chi connectivity index (χ4n) is 3.93. The average molecular weight is 427 g/mol. The van der Waals surface area contributed by atoms with E-state index in [1.807, 2.05) is 41.5 Å².